The number of carbonyl (C=O) groups is 2. The molecule has 2 aliphatic heterocycles. The zero-order valence-electron chi connectivity index (χ0n) is 17.2. The van der Waals surface area contributed by atoms with Crippen molar-refractivity contribution >= 4 is 17.8 Å². The van der Waals surface area contributed by atoms with E-state index in [2.05, 4.69) is 25.1 Å². The van der Waals surface area contributed by atoms with E-state index in [1.807, 2.05) is 11.0 Å². The van der Waals surface area contributed by atoms with Crippen LogP contribution in [0.5, 0.6) is 0 Å². The second-order valence-electron chi connectivity index (χ2n) is 7.76. The Hall–Kier alpha value is -3.31. The second kappa shape index (κ2) is 9.88. The van der Waals surface area contributed by atoms with Gasteiger partial charge in [0, 0.05) is 38.6 Å². The summed E-state index contributed by atoms with van der Waals surface area (Å²) in [7, 11) is 0. The minimum absolute atomic E-state index is 0.0693. The predicted octanol–water partition coefficient (Wildman–Crippen LogP) is 2.42. The number of piperidine rings is 2. The monoisotopic (exact) mass is 452 g/mol. The van der Waals surface area contributed by atoms with Crippen molar-refractivity contribution in [3.05, 3.63) is 42.5 Å². The Balaban J connectivity index is 0.000000360. The van der Waals surface area contributed by atoms with E-state index < -0.39 is 12.1 Å². The number of carboxylic acids is 1. The minimum Gasteiger partial charge on any atom is -0.475 e. The third-order valence-corrected chi connectivity index (χ3v) is 5.84. The zero-order valence-corrected chi connectivity index (χ0v) is 17.2. The van der Waals surface area contributed by atoms with Gasteiger partial charge >= 0.3 is 12.1 Å². The molecule has 2 fully saturated rings. The highest BCUT2D eigenvalue weighted by atomic mass is 19.4. The number of halogens is 3. The number of carboxylic acid groups (broad SMARTS) is 1. The maximum Gasteiger partial charge on any atom is 0.490 e. The smallest absolute Gasteiger partial charge is 0.475 e. The Bertz CT molecular complexity index is 896. The van der Waals surface area contributed by atoms with Crippen molar-refractivity contribution < 1.29 is 27.9 Å². The largest absolute Gasteiger partial charge is 0.490 e. The van der Waals surface area contributed by atoms with Crippen LogP contribution in [0.15, 0.2) is 36.9 Å². The normalized spacial score (nSPS) is 18.0. The molecule has 4 heterocycles. The van der Waals surface area contributed by atoms with Crippen LogP contribution in [-0.2, 0) is 4.79 Å². The summed E-state index contributed by atoms with van der Waals surface area (Å²) in [5.41, 5.74) is 0.987. The van der Waals surface area contributed by atoms with Gasteiger partial charge in [0.2, 0.25) is 5.95 Å². The molecule has 0 aromatic carbocycles. The lowest BCUT2D eigenvalue weighted by molar-refractivity contribution is -0.192. The quantitative estimate of drug-likeness (QED) is 0.739. The molecule has 0 unspecified atom stereocenters. The molecule has 12 heteroatoms. The van der Waals surface area contributed by atoms with E-state index in [1.54, 1.807) is 30.9 Å². The lowest BCUT2D eigenvalue weighted by Crippen LogP contribution is -2.48. The number of anilines is 1. The van der Waals surface area contributed by atoms with Gasteiger partial charge in [0.15, 0.2) is 0 Å². The van der Waals surface area contributed by atoms with Crippen LogP contribution in [0.25, 0.3) is 0 Å². The van der Waals surface area contributed by atoms with Crippen LogP contribution >= 0.6 is 0 Å². The van der Waals surface area contributed by atoms with E-state index in [0.29, 0.717) is 11.0 Å². The van der Waals surface area contributed by atoms with E-state index in [0.717, 1.165) is 57.8 Å². The topological polar surface area (TPSA) is 112 Å². The Kier molecular flexibility index (Phi) is 7.21. The van der Waals surface area contributed by atoms with Gasteiger partial charge in [0.05, 0.1) is 18.0 Å². The zero-order chi connectivity index (χ0) is 23.2. The summed E-state index contributed by atoms with van der Waals surface area (Å²) in [4.78, 5) is 34.4. The van der Waals surface area contributed by atoms with Crippen molar-refractivity contribution in [1.82, 2.24) is 25.1 Å². The first-order valence-electron chi connectivity index (χ1n) is 10.1. The SMILES string of the molecule is O=C(O)C(F)(F)F.O=C(c1ccnnc1)N1CCC2(CC1)CCN(c1ncccn1)CC2. The van der Waals surface area contributed by atoms with E-state index in [9.17, 15) is 18.0 Å². The summed E-state index contributed by atoms with van der Waals surface area (Å²) in [6.07, 6.45) is 6.05. The summed E-state index contributed by atoms with van der Waals surface area (Å²) < 4.78 is 31.7. The van der Waals surface area contributed by atoms with Crippen LogP contribution in [0, 0.1) is 5.41 Å². The van der Waals surface area contributed by atoms with Crippen molar-refractivity contribution in [1.29, 1.82) is 0 Å². The number of hydrogen-bond donors (Lipinski definition) is 1. The van der Waals surface area contributed by atoms with Crippen LogP contribution in [0.3, 0.4) is 0 Å². The molecule has 2 aromatic heterocycles. The lowest BCUT2D eigenvalue weighted by Gasteiger charge is -2.46. The Labute approximate surface area is 182 Å². The Morgan fingerprint density at radius 3 is 2.00 bits per heavy atom. The molecule has 0 bridgehead atoms. The second-order valence-corrected chi connectivity index (χ2v) is 7.76. The first-order chi connectivity index (χ1) is 15.2. The molecule has 1 N–H and O–H groups in total. The standard InChI is InChI=1S/C18H22N6O.C2HF3O2/c25-16(15-2-9-21-22-14-15)23-10-3-18(4-11-23)5-12-24(13-6-18)17-19-7-1-8-20-17;3-2(4,5)1(6)7/h1-2,7-9,14H,3-6,10-13H2;(H,6,7). The van der Waals surface area contributed by atoms with Gasteiger partial charge in [-0.15, -0.1) is 0 Å². The summed E-state index contributed by atoms with van der Waals surface area (Å²) in [5, 5.41) is 14.7. The first kappa shape index (κ1) is 23.4. The molecule has 0 aliphatic carbocycles. The predicted molar refractivity (Wildman–Crippen MR) is 107 cm³/mol. The van der Waals surface area contributed by atoms with Gasteiger partial charge in [0.1, 0.15) is 0 Å². The highest BCUT2D eigenvalue weighted by Gasteiger charge is 2.39. The number of alkyl halides is 3. The molecule has 2 aromatic rings. The minimum atomic E-state index is -5.08. The van der Waals surface area contributed by atoms with Gasteiger partial charge in [0.25, 0.3) is 5.91 Å². The Morgan fingerprint density at radius 2 is 1.50 bits per heavy atom. The van der Waals surface area contributed by atoms with Crippen molar-refractivity contribution in [3.63, 3.8) is 0 Å². The van der Waals surface area contributed by atoms with Gasteiger partial charge in [-0.25, -0.2) is 14.8 Å². The third kappa shape index (κ3) is 5.89. The molecule has 32 heavy (non-hydrogen) atoms. The molecule has 2 saturated heterocycles. The first-order valence-corrected chi connectivity index (χ1v) is 10.1. The number of hydrogen-bond acceptors (Lipinski definition) is 7. The fraction of sp³-hybridized carbons (Fsp3) is 0.500. The molecular formula is C20H23F3N6O3. The molecule has 1 spiro atoms. The fourth-order valence-electron chi connectivity index (χ4n) is 3.92. The molecule has 9 nitrogen and oxygen atoms in total. The van der Waals surface area contributed by atoms with Crippen LogP contribution in [0.1, 0.15) is 36.0 Å². The molecule has 172 valence electrons. The summed E-state index contributed by atoms with van der Waals surface area (Å²) in [6.45, 7) is 3.63. The highest BCUT2D eigenvalue weighted by molar-refractivity contribution is 5.93. The number of aliphatic carboxylic acids is 1. The summed E-state index contributed by atoms with van der Waals surface area (Å²) >= 11 is 0. The van der Waals surface area contributed by atoms with Crippen LogP contribution < -0.4 is 4.90 Å². The number of amides is 1. The molecule has 2 aliphatic rings. The Morgan fingerprint density at radius 1 is 0.938 bits per heavy atom. The summed E-state index contributed by atoms with van der Waals surface area (Å²) in [6, 6.07) is 3.58. The third-order valence-electron chi connectivity index (χ3n) is 5.84. The van der Waals surface area contributed by atoms with Gasteiger partial charge in [-0.1, -0.05) is 0 Å². The molecule has 0 saturated carbocycles. The van der Waals surface area contributed by atoms with E-state index in [4.69, 9.17) is 9.90 Å². The highest BCUT2D eigenvalue weighted by Crippen LogP contribution is 2.41. The summed E-state index contributed by atoms with van der Waals surface area (Å²) in [5.74, 6) is -1.86. The maximum atomic E-state index is 12.5. The number of carbonyl (C=O) groups excluding carboxylic acids is 1. The molecule has 0 atom stereocenters. The van der Waals surface area contributed by atoms with Crippen molar-refractivity contribution in [2.45, 2.75) is 31.9 Å². The van der Waals surface area contributed by atoms with Crippen molar-refractivity contribution in [3.8, 4) is 0 Å². The average molecular weight is 452 g/mol. The van der Waals surface area contributed by atoms with Crippen LogP contribution in [0.2, 0.25) is 0 Å². The van der Waals surface area contributed by atoms with Gasteiger partial charge in [-0.2, -0.15) is 23.4 Å². The van der Waals surface area contributed by atoms with E-state index >= 15 is 0 Å². The fourth-order valence-corrected chi connectivity index (χ4v) is 3.92. The molecule has 4 rings (SSSR count). The van der Waals surface area contributed by atoms with Crippen LogP contribution in [-0.4, -0.2) is 74.4 Å². The van der Waals surface area contributed by atoms with Crippen LogP contribution in [0.4, 0.5) is 19.1 Å². The maximum absolute atomic E-state index is 12.5. The van der Waals surface area contributed by atoms with Gasteiger partial charge in [-0.3, -0.25) is 4.79 Å². The molecular weight excluding hydrogens is 429 g/mol. The van der Waals surface area contributed by atoms with Crippen molar-refractivity contribution in [2.75, 3.05) is 31.1 Å². The molecule has 1 amide bonds. The van der Waals surface area contributed by atoms with Crippen molar-refractivity contribution in [2.24, 2.45) is 5.41 Å². The number of nitrogens with zero attached hydrogens (tertiary/aromatic N) is 6. The lowest BCUT2D eigenvalue weighted by atomic mass is 9.71. The number of likely N-dealkylation sites (tertiary alicyclic amines) is 1. The van der Waals surface area contributed by atoms with E-state index in [-0.39, 0.29) is 5.91 Å². The van der Waals surface area contributed by atoms with Gasteiger partial charge in [-0.05, 0) is 43.2 Å². The van der Waals surface area contributed by atoms with Gasteiger partial charge < -0.3 is 14.9 Å². The number of rotatable bonds is 2. The average Bonchev–Trinajstić information content (AvgIpc) is 2.81. The number of aromatic nitrogens is 4. The van der Waals surface area contributed by atoms with E-state index in [1.165, 1.54) is 0 Å². The molecule has 0 radical (unpaired) electrons.